The lowest BCUT2D eigenvalue weighted by Crippen LogP contribution is -2.02. The summed E-state index contributed by atoms with van der Waals surface area (Å²) in [6.45, 7) is 5.06. The summed E-state index contributed by atoms with van der Waals surface area (Å²) < 4.78 is 21.1. The van der Waals surface area contributed by atoms with Crippen molar-refractivity contribution < 1.29 is 14.2 Å². The minimum absolute atomic E-state index is 0.0956. The number of ether oxygens (including phenoxy) is 1. The Morgan fingerprint density at radius 2 is 1.74 bits per heavy atom. The fraction of sp³-hybridized carbons (Fsp3) is 0.280. The molecule has 2 aromatic heterocycles. The first-order valence-corrected chi connectivity index (χ1v) is 10.5. The van der Waals surface area contributed by atoms with E-state index in [9.17, 15) is 9.50 Å². The largest absolute Gasteiger partial charge is 0.396 e. The third kappa shape index (κ3) is 4.50. The Kier molecular flexibility index (Phi) is 6.39. The first-order chi connectivity index (χ1) is 15.1. The van der Waals surface area contributed by atoms with E-state index in [-0.39, 0.29) is 12.4 Å². The third-order valence-electron chi connectivity index (χ3n) is 5.23. The highest BCUT2D eigenvalue weighted by Crippen LogP contribution is 2.32. The Bertz CT molecular complexity index is 1170. The molecule has 0 amide bonds. The van der Waals surface area contributed by atoms with E-state index in [4.69, 9.17) is 14.8 Å². The molecular weight excluding hydrogens is 393 g/mol. The molecule has 6 heteroatoms. The van der Waals surface area contributed by atoms with Crippen molar-refractivity contribution in [1.82, 2.24) is 14.6 Å². The number of fused-ring (bicyclic) bond motifs is 1. The van der Waals surface area contributed by atoms with Crippen LogP contribution >= 0.6 is 0 Å². The molecule has 0 spiro atoms. The van der Waals surface area contributed by atoms with Gasteiger partial charge in [0.15, 0.2) is 5.65 Å². The number of nitrogens with zero attached hydrogens (tertiary/aromatic N) is 3. The van der Waals surface area contributed by atoms with Crippen molar-refractivity contribution >= 4 is 5.65 Å². The topological polar surface area (TPSA) is 59.7 Å². The molecule has 0 bridgehead atoms. The zero-order valence-corrected chi connectivity index (χ0v) is 17.8. The molecule has 0 aliphatic rings. The second-order valence-corrected chi connectivity index (χ2v) is 7.53. The van der Waals surface area contributed by atoms with E-state index in [0.717, 1.165) is 39.4 Å². The first-order valence-electron chi connectivity index (χ1n) is 10.5. The Labute approximate surface area is 181 Å². The maximum Gasteiger partial charge on any atom is 0.164 e. The van der Waals surface area contributed by atoms with Crippen LogP contribution in [0.5, 0.6) is 0 Å². The van der Waals surface area contributed by atoms with Gasteiger partial charge in [-0.3, -0.25) is 0 Å². The molecule has 2 aromatic carbocycles. The first kappa shape index (κ1) is 21.2. The predicted octanol–water partition coefficient (Wildman–Crippen LogP) is 4.97. The van der Waals surface area contributed by atoms with Crippen LogP contribution in [0.1, 0.15) is 30.3 Å². The molecular formula is C25H26FN3O2. The normalized spacial score (nSPS) is 11.4. The summed E-state index contributed by atoms with van der Waals surface area (Å²) in [4.78, 5) is 4.90. The van der Waals surface area contributed by atoms with Gasteiger partial charge in [0.1, 0.15) is 5.82 Å². The van der Waals surface area contributed by atoms with Crippen LogP contribution in [0.3, 0.4) is 0 Å². The van der Waals surface area contributed by atoms with E-state index in [1.54, 1.807) is 12.1 Å². The van der Waals surface area contributed by atoms with Gasteiger partial charge in [0.05, 0.1) is 23.6 Å². The molecule has 2 heterocycles. The van der Waals surface area contributed by atoms with Gasteiger partial charge in [-0.2, -0.15) is 5.10 Å². The Balaban J connectivity index is 1.98. The Morgan fingerprint density at radius 3 is 2.42 bits per heavy atom. The molecule has 0 atom stereocenters. The van der Waals surface area contributed by atoms with Gasteiger partial charge in [0, 0.05) is 24.5 Å². The van der Waals surface area contributed by atoms with Crippen molar-refractivity contribution in [2.75, 3.05) is 13.2 Å². The summed E-state index contributed by atoms with van der Waals surface area (Å²) in [5, 5.41) is 14.2. The average Bonchev–Trinajstić information content (AvgIpc) is 3.15. The summed E-state index contributed by atoms with van der Waals surface area (Å²) in [7, 11) is 0. The van der Waals surface area contributed by atoms with Crippen molar-refractivity contribution in [1.29, 1.82) is 0 Å². The molecule has 0 saturated heterocycles. The van der Waals surface area contributed by atoms with Gasteiger partial charge >= 0.3 is 0 Å². The average molecular weight is 420 g/mol. The smallest absolute Gasteiger partial charge is 0.164 e. The molecule has 4 aromatic rings. The van der Waals surface area contributed by atoms with Gasteiger partial charge in [-0.25, -0.2) is 13.9 Å². The molecule has 4 rings (SSSR count). The van der Waals surface area contributed by atoms with Crippen LogP contribution < -0.4 is 0 Å². The lowest BCUT2D eigenvalue weighted by atomic mass is 10.0. The zero-order valence-electron chi connectivity index (χ0n) is 17.8. The van der Waals surface area contributed by atoms with Gasteiger partial charge in [0.25, 0.3) is 0 Å². The highest BCUT2D eigenvalue weighted by molar-refractivity contribution is 5.82. The van der Waals surface area contributed by atoms with Crippen molar-refractivity contribution in [2.45, 2.75) is 33.3 Å². The van der Waals surface area contributed by atoms with Crippen LogP contribution in [0.4, 0.5) is 4.39 Å². The van der Waals surface area contributed by atoms with Crippen molar-refractivity contribution in [3.05, 3.63) is 77.4 Å². The van der Waals surface area contributed by atoms with E-state index in [1.807, 2.05) is 17.5 Å². The fourth-order valence-corrected chi connectivity index (χ4v) is 3.64. The number of rotatable bonds is 8. The standard InChI is InChI=1S/C25H26FN3O2/c1-3-31-16-22-24(19-8-6-17(2)7-9-19)25-27-21(5-4-14-30)15-23(29(25)28-22)18-10-12-20(26)13-11-18/h6-13,15,30H,3-5,14,16H2,1-2H3. The van der Waals surface area contributed by atoms with Gasteiger partial charge < -0.3 is 9.84 Å². The van der Waals surface area contributed by atoms with E-state index < -0.39 is 0 Å². The Hall–Kier alpha value is -3.09. The van der Waals surface area contributed by atoms with Crippen LogP contribution in [0.2, 0.25) is 0 Å². The lowest BCUT2D eigenvalue weighted by molar-refractivity contribution is 0.131. The quantitative estimate of drug-likeness (QED) is 0.438. The summed E-state index contributed by atoms with van der Waals surface area (Å²) in [5.74, 6) is -0.285. The number of aliphatic hydroxyl groups is 1. The van der Waals surface area contributed by atoms with Crippen molar-refractivity contribution in [3.8, 4) is 22.4 Å². The number of hydrogen-bond acceptors (Lipinski definition) is 4. The van der Waals surface area contributed by atoms with E-state index in [1.165, 1.54) is 17.7 Å². The second kappa shape index (κ2) is 9.37. The molecule has 160 valence electrons. The van der Waals surface area contributed by atoms with Gasteiger partial charge in [0.2, 0.25) is 0 Å². The zero-order chi connectivity index (χ0) is 21.8. The van der Waals surface area contributed by atoms with Crippen molar-refractivity contribution in [2.24, 2.45) is 0 Å². The third-order valence-corrected chi connectivity index (χ3v) is 5.23. The second-order valence-electron chi connectivity index (χ2n) is 7.53. The molecule has 0 radical (unpaired) electrons. The number of aromatic nitrogens is 3. The minimum Gasteiger partial charge on any atom is -0.396 e. The summed E-state index contributed by atoms with van der Waals surface area (Å²) >= 11 is 0. The SMILES string of the molecule is CCOCc1nn2c(-c3ccc(F)cc3)cc(CCCO)nc2c1-c1ccc(C)cc1. The lowest BCUT2D eigenvalue weighted by Gasteiger charge is -2.09. The highest BCUT2D eigenvalue weighted by atomic mass is 19.1. The van der Waals surface area contributed by atoms with E-state index in [0.29, 0.717) is 26.1 Å². The number of aliphatic hydroxyl groups excluding tert-OH is 1. The Morgan fingerprint density at radius 1 is 1.03 bits per heavy atom. The molecule has 0 fully saturated rings. The van der Waals surface area contributed by atoms with Crippen LogP contribution in [0.15, 0.2) is 54.6 Å². The monoisotopic (exact) mass is 419 g/mol. The highest BCUT2D eigenvalue weighted by Gasteiger charge is 2.20. The molecule has 31 heavy (non-hydrogen) atoms. The van der Waals surface area contributed by atoms with Crippen molar-refractivity contribution in [3.63, 3.8) is 0 Å². The van der Waals surface area contributed by atoms with Crippen LogP contribution in [0.25, 0.3) is 28.0 Å². The molecule has 0 unspecified atom stereocenters. The molecule has 0 saturated carbocycles. The summed E-state index contributed by atoms with van der Waals surface area (Å²) in [5.41, 5.74) is 7.20. The van der Waals surface area contributed by atoms with Crippen LogP contribution in [-0.2, 0) is 17.8 Å². The maximum absolute atomic E-state index is 13.5. The molecule has 0 aliphatic heterocycles. The summed E-state index contributed by atoms with van der Waals surface area (Å²) in [6.07, 6.45) is 1.26. The van der Waals surface area contributed by atoms with Crippen LogP contribution in [-0.4, -0.2) is 32.9 Å². The predicted molar refractivity (Wildman–Crippen MR) is 119 cm³/mol. The van der Waals surface area contributed by atoms with E-state index in [2.05, 4.69) is 31.2 Å². The minimum atomic E-state index is -0.285. The van der Waals surface area contributed by atoms with Gasteiger partial charge in [-0.05, 0) is 62.6 Å². The maximum atomic E-state index is 13.5. The van der Waals surface area contributed by atoms with Gasteiger partial charge in [-0.15, -0.1) is 0 Å². The number of hydrogen-bond donors (Lipinski definition) is 1. The molecule has 0 aliphatic carbocycles. The molecule has 1 N–H and O–H groups in total. The molecule has 5 nitrogen and oxygen atoms in total. The number of halogens is 1. The number of aryl methyl sites for hydroxylation is 2. The summed E-state index contributed by atoms with van der Waals surface area (Å²) in [6, 6.07) is 16.6. The fourth-order valence-electron chi connectivity index (χ4n) is 3.64. The van der Waals surface area contributed by atoms with E-state index >= 15 is 0 Å². The number of benzene rings is 2. The van der Waals surface area contributed by atoms with Crippen LogP contribution in [0, 0.1) is 12.7 Å². The van der Waals surface area contributed by atoms with Gasteiger partial charge in [-0.1, -0.05) is 29.8 Å².